The minimum atomic E-state index is -1.02. The molecule has 3 aliphatic heterocycles. The van der Waals surface area contributed by atoms with Gasteiger partial charge in [0.1, 0.15) is 0 Å². The summed E-state index contributed by atoms with van der Waals surface area (Å²) in [7, 11) is 0. The molecule has 0 bridgehead atoms. The largest absolute Gasteiger partial charge is 0.436 e. The number of rotatable bonds is 6. The first-order chi connectivity index (χ1) is 22.9. The van der Waals surface area contributed by atoms with Crippen molar-refractivity contribution < 1.29 is 19.1 Å². The minimum Gasteiger partial charge on any atom is -0.436 e. The van der Waals surface area contributed by atoms with Gasteiger partial charge in [-0.1, -0.05) is 29.8 Å². The number of carbonyl (C=O) groups is 3. The van der Waals surface area contributed by atoms with E-state index in [1.54, 1.807) is 34.5 Å². The molecule has 1 atom stereocenters. The van der Waals surface area contributed by atoms with E-state index in [0.717, 1.165) is 34.3 Å². The van der Waals surface area contributed by atoms with Crippen molar-refractivity contribution in [3.8, 4) is 0 Å². The number of anilines is 2. The number of para-hydroxylation sites is 1. The van der Waals surface area contributed by atoms with Gasteiger partial charge in [0.15, 0.2) is 6.10 Å². The summed E-state index contributed by atoms with van der Waals surface area (Å²) in [6.45, 7) is 3.80. The van der Waals surface area contributed by atoms with Gasteiger partial charge in [0.2, 0.25) is 0 Å². The molecule has 13 heteroatoms. The third-order valence-corrected chi connectivity index (χ3v) is 9.72. The van der Waals surface area contributed by atoms with Crippen LogP contribution in [-0.4, -0.2) is 106 Å². The van der Waals surface area contributed by atoms with Crippen LogP contribution in [0.3, 0.4) is 0 Å². The number of piperidine rings is 1. The highest BCUT2D eigenvalue weighted by molar-refractivity contribution is 6.35. The zero-order valence-corrected chi connectivity index (χ0v) is 26.7. The molecule has 2 fully saturated rings. The van der Waals surface area contributed by atoms with Crippen LogP contribution in [0.4, 0.5) is 21.0 Å². The van der Waals surface area contributed by atoms with Crippen LogP contribution in [0.2, 0.25) is 5.02 Å². The Balaban J connectivity index is 1.01. The molecule has 2 N–H and O–H groups in total. The number of ether oxygens (including phenoxy) is 1. The fraction of sp³-hybridized carbons (Fsp3) is 0.382. The van der Waals surface area contributed by atoms with E-state index in [4.69, 9.17) is 16.3 Å². The number of carbonyl (C=O) groups excluding carboxylic acids is 3. The summed E-state index contributed by atoms with van der Waals surface area (Å²) in [6.07, 6.45) is 5.85. The highest BCUT2D eigenvalue weighted by atomic mass is 35.5. The van der Waals surface area contributed by atoms with Gasteiger partial charge in [-0.05, 0) is 60.7 Å². The molecule has 2 saturated heterocycles. The fourth-order valence-electron chi connectivity index (χ4n) is 6.82. The molecule has 244 valence electrons. The van der Waals surface area contributed by atoms with Gasteiger partial charge in [-0.2, -0.15) is 5.10 Å². The Hall–Kier alpha value is -4.84. The number of hydrogen-bond acceptors (Lipinski definition) is 7. The number of halogens is 1. The van der Waals surface area contributed by atoms with Crippen LogP contribution in [-0.2, 0) is 22.4 Å². The zero-order valence-electron chi connectivity index (χ0n) is 26.0. The first-order valence-corrected chi connectivity index (χ1v) is 16.5. The molecule has 0 unspecified atom stereocenters. The normalized spacial score (nSPS) is 18.0. The highest BCUT2D eigenvalue weighted by Gasteiger charge is 2.35. The Morgan fingerprint density at radius 2 is 1.72 bits per heavy atom. The van der Waals surface area contributed by atoms with Gasteiger partial charge in [-0.3, -0.25) is 14.9 Å². The maximum atomic E-state index is 14.0. The number of hydrogen-bond donors (Lipinski definition) is 2. The average molecular weight is 657 g/mol. The van der Waals surface area contributed by atoms with Crippen LogP contribution in [0.5, 0.6) is 0 Å². The number of pyridine rings is 1. The van der Waals surface area contributed by atoms with Crippen LogP contribution in [0.1, 0.15) is 24.0 Å². The van der Waals surface area contributed by atoms with Crippen LogP contribution in [0.15, 0.2) is 67.1 Å². The summed E-state index contributed by atoms with van der Waals surface area (Å²) >= 11 is 6.52. The molecule has 0 radical (unpaired) electrons. The lowest BCUT2D eigenvalue weighted by atomic mass is 10.0. The number of urea groups is 1. The summed E-state index contributed by atoms with van der Waals surface area (Å²) in [6, 6.07) is 15.4. The lowest BCUT2D eigenvalue weighted by Gasteiger charge is -2.39. The number of nitrogens with zero attached hydrogens (tertiary/aromatic N) is 6. The van der Waals surface area contributed by atoms with Crippen molar-refractivity contribution in [2.45, 2.75) is 37.8 Å². The number of fused-ring (bicyclic) bond motifs is 2. The molecular weight excluding hydrogens is 620 g/mol. The van der Waals surface area contributed by atoms with Gasteiger partial charge in [-0.25, -0.2) is 9.59 Å². The lowest BCUT2D eigenvalue weighted by Crippen LogP contribution is -2.54. The zero-order chi connectivity index (χ0) is 32.3. The van der Waals surface area contributed by atoms with Crippen molar-refractivity contribution >= 4 is 51.9 Å². The number of aromatic nitrogens is 3. The number of H-pyrrole nitrogens is 1. The fourth-order valence-corrected chi connectivity index (χ4v) is 7.11. The monoisotopic (exact) mass is 656 g/mol. The molecule has 4 aromatic rings. The van der Waals surface area contributed by atoms with Crippen LogP contribution < -0.4 is 10.2 Å². The van der Waals surface area contributed by atoms with Crippen LogP contribution in [0, 0.1) is 0 Å². The number of benzene rings is 2. The van der Waals surface area contributed by atoms with Crippen molar-refractivity contribution in [3.63, 3.8) is 0 Å². The summed E-state index contributed by atoms with van der Waals surface area (Å²) in [5.74, 6) is -0.230. The topological polar surface area (TPSA) is 127 Å². The second-order valence-corrected chi connectivity index (χ2v) is 12.7. The molecule has 0 saturated carbocycles. The van der Waals surface area contributed by atoms with E-state index in [9.17, 15) is 14.4 Å². The Bertz CT molecular complexity index is 1750. The summed E-state index contributed by atoms with van der Waals surface area (Å²) in [5, 5.41) is 11.3. The second-order valence-electron chi connectivity index (χ2n) is 12.3. The average Bonchev–Trinajstić information content (AvgIpc) is 3.52. The molecule has 0 aliphatic carbocycles. The lowest BCUT2D eigenvalue weighted by molar-refractivity contribution is -0.141. The second kappa shape index (κ2) is 13.5. The summed E-state index contributed by atoms with van der Waals surface area (Å²) < 4.78 is 6.03. The Morgan fingerprint density at radius 1 is 0.957 bits per heavy atom. The smallest absolute Gasteiger partial charge is 0.410 e. The first-order valence-electron chi connectivity index (χ1n) is 16.1. The Morgan fingerprint density at radius 3 is 2.51 bits per heavy atom. The van der Waals surface area contributed by atoms with E-state index in [1.165, 1.54) is 0 Å². The van der Waals surface area contributed by atoms with E-state index in [0.29, 0.717) is 69.2 Å². The molecule has 12 nitrogen and oxygen atoms in total. The summed E-state index contributed by atoms with van der Waals surface area (Å²) in [5.41, 5.74) is 4.52. The van der Waals surface area contributed by atoms with E-state index in [1.807, 2.05) is 47.4 Å². The molecule has 47 heavy (non-hydrogen) atoms. The van der Waals surface area contributed by atoms with Gasteiger partial charge in [0, 0.05) is 87.4 Å². The van der Waals surface area contributed by atoms with Gasteiger partial charge >= 0.3 is 12.1 Å². The molecule has 2 aromatic carbocycles. The van der Waals surface area contributed by atoms with Crippen LogP contribution in [0.25, 0.3) is 10.9 Å². The first kappa shape index (κ1) is 30.8. The molecule has 3 aliphatic rings. The Kier molecular flexibility index (Phi) is 8.84. The maximum Gasteiger partial charge on any atom is 0.410 e. The van der Waals surface area contributed by atoms with Gasteiger partial charge in [-0.15, -0.1) is 0 Å². The van der Waals surface area contributed by atoms with E-state index in [2.05, 4.69) is 25.4 Å². The number of likely N-dealkylation sites (tertiary alicyclic amines) is 1. The van der Waals surface area contributed by atoms with E-state index >= 15 is 0 Å². The number of piperazine rings is 1. The van der Waals surface area contributed by atoms with Crippen LogP contribution >= 0.6 is 11.6 Å². The molecular formula is C34H37ClN8O4. The van der Waals surface area contributed by atoms with Gasteiger partial charge in [0.25, 0.3) is 5.91 Å². The van der Waals surface area contributed by atoms with E-state index < -0.39 is 12.2 Å². The third kappa shape index (κ3) is 6.69. The molecule has 5 heterocycles. The van der Waals surface area contributed by atoms with Gasteiger partial charge in [0.05, 0.1) is 16.7 Å². The Labute approximate surface area is 277 Å². The molecule has 4 amide bonds. The molecule has 0 spiro atoms. The van der Waals surface area contributed by atoms with Crippen molar-refractivity contribution in [1.82, 2.24) is 29.9 Å². The quantitative estimate of drug-likeness (QED) is 0.312. The third-order valence-electron chi connectivity index (χ3n) is 9.42. The minimum absolute atomic E-state index is 0.00584. The number of nitrogens with one attached hydrogen (secondary N) is 2. The van der Waals surface area contributed by atoms with Crippen molar-refractivity contribution in [2.24, 2.45) is 0 Å². The highest BCUT2D eigenvalue weighted by Crippen LogP contribution is 2.27. The maximum absolute atomic E-state index is 14.0. The summed E-state index contributed by atoms with van der Waals surface area (Å²) in [4.78, 5) is 52.3. The predicted molar refractivity (Wildman–Crippen MR) is 179 cm³/mol. The molecule has 2 aromatic heterocycles. The van der Waals surface area contributed by atoms with Crippen molar-refractivity contribution in [2.75, 3.05) is 56.0 Å². The predicted octanol–water partition coefficient (Wildman–Crippen LogP) is 4.56. The van der Waals surface area contributed by atoms with E-state index in [-0.39, 0.29) is 24.4 Å². The van der Waals surface area contributed by atoms with Crippen molar-refractivity contribution in [1.29, 1.82) is 0 Å². The standard InChI is InChI=1S/C34H37ClN8O4/c35-28-20-23(19-25-22-37-39-31(25)28)21-30(32(44)41-17-15-40(16-18-41)26-5-10-36-11-6-26)47-34(46)42-12-8-27(9-13-42)43-14-7-24-3-1-2-4-29(24)38-33(43)45/h1-6,10-11,19-20,22,27,30H,7-9,12-18,21H2,(H,37,39)(H,38,45)/t30-/m1/s1. The van der Waals surface area contributed by atoms with Crippen molar-refractivity contribution in [3.05, 3.63) is 83.3 Å². The number of amides is 4. The molecule has 7 rings (SSSR count). The van der Waals surface area contributed by atoms with Gasteiger partial charge < -0.3 is 29.7 Å². The number of aromatic amines is 1. The SMILES string of the molecule is O=C(O[C@H](Cc1cc(Cl)c2[nH]ncc2c1)C(=O)N1CCN(c2ccncc2)CC1)N1CCC(N2CCc3ccccc3NC2=O)CC1.